The molecule has 3 amide bonds. The maximum atomic E-state index is 12.4. The lowest BCUT2D eigenvalue weighted by atomic mass is 9.96. The number of fused-ring (bicyclic) bond motifs is 1. The summed E-state index contributed by atoms with van der Waals surface area (Å²) in [7, 11) is 0. The molecule has 3 rings (SSSR count). The fraction of sp³-hybridized carbons (Fsp3) is 0.385. The summed E-state index contributed by atoms with van der Waals surface area (Å²) >= 11 is 0. The van der Waals surface area contributed by atoms with Gasteiger partial charge in [0.05, 0.1) is 0 Å². The highest BCUT2D eigenvalue weighted by Crippen LogP contribution is 2.35. The van der Waals surface area contributed by atoms with E-state index in [0.717, 1.165) is 11.1 Å². The molecule has 0 radical (unpaired) electrons. The minimum Gasteiger partial charge on any atom is -0.322 e. The standard InChI is InChI=1S/C13H11F3N2O2/c14-13(15,16)7-18-10(19)12(17-11(18)20)5-8-3-1-2-4-9(8)6-12/h1-4H,5-7H2,(H,17,20). The molecule has 4 nitrogen and oxygen atoms in total. The van der Waals surface area contributed by atoms with Crippen molar-refractivity contribution in [3.05, 3.63) is 35.4 Å². The van der Waals surface area contributed by atoms with Crippen molar-refractivity contribution in [2.45, 2.75) is 24.6 Å². The number of carbonyl (C=O) groups is 2. The Bertz CT molecular complexity index is 573. The summed E-state index contributed by atoms with van der Waals surface area (Å²) in [5, 5.41) is 2.44. The Labute approximate surface area is 112 Å². The van der Waals surface area contributed by atoms with Crippen LogP contribution in [0.3, 0.4) is 0 Å². The van der Waals surface area contributed by atoms with E-state index in [2.05, 4.69) is 5.32 Å². The van der Waals surface area contributed by atoms with Crippen molar-refractivity contribution in [1.82, 2.24) is 10.2 Å². The Morgan fingerprint density at radius 3 is 2.20 bits per heavy atom. The van der Waals surface area contributed by atoms with Crippen LogP contribution in [-0.2, 0) is 17.6 Å². The molecule has 1 heterocycles. The maximum Gasteiger partial charge on any atom is 0.406 e. The normalized spacial score (nSPS) is 20.4. The minimum absolute atomic E-state index is 0.238. The third-order valence-corrected chi connectivity index (χ3v) is 3.69. The second-order valence-electron chi connectivity index (χ2n) is 5.14. The smallest absolute Gasteiger partial charge is 0.322 e. The van der Waals surface area contributed by atoms with Crippen molar-refractivity contribution in [3.8, 4) is 0 Å². The zero-order valence-corrected chi connectivity index (χ0v) is 10.3. The van der Waals surface area contributed by atoms with E-state index in [0.29, 0.717) is 0 Å². The highest BCUT2D eigenvalue weighted by molar-refractivity contribution is 6.07. The number of rotatable bonds is 1. The van der Waals surface area contributed by atoms with Gasteiger partial charge in [0.15, 0.2) is 0 Å². The van der Waals surface area contributed by atoms with Crippen molar-refractivity contribution < 1.29 is 22.8 Å². The molecule has 20 heavy (non-hydrogen) atoms. The lowest BCUT2D eigenvalue weighted by Crippen LogP contribution is -2.48. The molecule has 1 aliphatic carbocycles. The van der Waals surface area contributed by atoms with E-state index in [1.54, 1.807) is 12.1 Å². The molecule has 0 atom stereocenters. The fourth-order valence-electron chi connectivity index (χ4n) is 2.85. The molecule has 1 saturated heterocycles. The summed E-state index contributed by atoms with van der Waals surface area (Å²) in [5.74, 6) is -0.795. The molecule has 1 N–H and O–H groups in total. The number of hydrogen-bond donors (Lipinski definition) is 1. The molecule has 0 aromatic heterocycles. The first-order valence-electron chi connectivity index (χ1n) is 6.08. The first-order chi connectivity index (χ1) is 9.31. The average Bonchev–Trinajstić information content (AvgIpc) is 2.81. The quantitative estimate of drug-likeness (QED) is 0.797. The predicted octanol–water partition coefficient (Wildman–Crippen LogP) is 1.64. The summed E-state index contributed by atoms with van der Waals surface area (Å²) < 4.78 is 37.3. The van der Waals surface area contributed by atoms with Crippen LogP contribution in [0.4, 0.5) is 18.0 Å². The average molecular weight is 284 g/mol. The Kier molecular flexibility index (Phi) is 2.57. The monoisotopic (exact) mass is 284 g/mol. The Hall–Kier alpha value is -2.05. The Morgan fingerprint density at radius 2 is 1.70 bits per heavy atom. The largest absolute Gasteiger partial charge is 0.406 e. The summed E-state index contributed by atoms with van der Waals surface area (Å²) in [6, 6.07) is 6.26. The number of imide groups is 1. The number of urea groups is 1. The Balaban J connectivity index is 1.88. The van der Waals surface area contributed by atoms with Crippen LogP contribution >= 0.6 is 0 Å². The van der Waals surface area contributed by atoms with Crippen molar-refractivity contribution >= 4 is 11.9 Å². The van der Waals surface area contributed by atoms with Crippen LogP contribution in [0.1, 0.15) is 11.1 Å². The SMILES string of the molecule is O=C1NC2(Cc3ccccc3C2)C(=O)N1CC(F)(F)F. The van der Waals surface area contributed by atoms with Crippen LogP contribution < -0.4 is 5.32 Å². The van der Waals surface area contributed by atoms with Crippen LogP contribution in [-0.4, -0.2) is 35.1 Å². The molecule has 1 fully saturated rings. The molecule has 1 aromatic carbocycles. The number of nitrogens with zero attached hydrogens (tertiary/aromatic N) is 1. The minimum atomic E-state index is -4.59. The van der Waals surface area contributed by atoms with Gasteiger partial charge in [-0.05, 0) is 11.1 Å². The molecule has 0 bridgehead atoms. The van der Waals surface area contributed by atoms with Gasteiger partial charge in [0.1, 0.15) is 12.1 Å². The third-order valence-electron chi connectivity index (χ3n) is 3.69. The molecule has 1 aliphatic heterocycles. The van der Waals surface area contributed by atoms with Crippen molar-refractivity contribution in [2.24, 2.45) is 0 Å². The lowest BCUT2D eigenvalue weighted by molar-refractivity contribution is -0.154. The molecule has 106 valence electrons. The van der Waals surface area contributed by atoms with Crippen molar-refractivity contribution in [1.29, 1.82) is 0 Å². The van der Waals surface area contributed by atoms with E-state index in [1.807, 2.05) is 12.1 Å². The lowest BCUT2D eigenvalue weighted by Gasteiger charge is -2.20. The molecule has 0 unspecified atom stereocenters. The molecular formula is C13H11F3N2O2. The second kappa shape index (κ2) is 3.97. The third kappa shape index (κ3) is 1.93. The predicted molar refractivity (Wildman–Crippen MR) is 62.9 cm³/mol. The first kappa shape index (κ1) is 13.0. The van der Waals surface area contributed by atoms with Gasteiger partial charge in [-0.15, -0.1) is 0 Å². The van der Waals surface area contributed by atoms with Crippen LogP contribution in [0.2, 0.25) is 0 Å². The number of amides is 3. The number of hydrogen-bond acceptors (Lipinski definition) is 2. The van der Waals surface area contributed by atoms with Gasteiger partial charge in [-0.3, -0.25) is 9.69 Å². The van der Waals surface area contributed by atoms with Crippen LogP contribution in [0.15, 0.2) is 24.3 Å². The topological polar surface area (TPSA) is 49.4 Å². The zero-order valence-electron chi connectivity index (χ0n) is 10.3. The first-order valence-corrected chi connectivity index (χ1v) is 6.08. The molecule has 0 saturated carbocycles. The fourth-order valence-corrected chi connectivity index (χ4v) is 2.85. The summed E-state index contributed by atoms with van der Waals surface area (Å²) in [4.78, 5) is 24.2. The molecule has 2 aliphatic rings. The Morgan fingerprint density at radius 1 is 1.15 bits per heavy atom. The van der Waals surface area contributed by atoms with E-state index in [4.69, 9.17) is 0 Å². The number of carbonyl (C=O) groups excluding carboxylic acids is 2. The molecule has 1 aromatic rings. The van der Waals surface area contributed by atoms with Gasteiger partial charge in [0, 0.05) is 12.8 Å². The van der Waals surface area contributed by atoms with E-state index >= 15 is 0 Å². The van der Waals surface area contributed by atoms with E-state index in [-0.39, 0.29) is 17.7 Å². The number of nitrogens with one attached hydrogen (secondary N) is 1. The molecular weight excluding hydrogens is 273 g/mol. The van der Waals surface area contributed by atoms with Crippen molar-refractivity contribution in [2.75, 3.05) is 6.54 Å². The van der Waals surface area contributed by atoms with Gasteiger partial charge in [-0.1, -0.05) is 24.3 Å². The second-order valence-corrected chi connectivity index (χ2v) is 5.14. The van der Waals surface area contributed by atoms with Crippen molar-refractivity contribution in [3.63, 3.8) is 0 Å². The zero-order chi connectivity index (χ0) is 14.5. The summed E-state index contributed by atoms with van der Waals surface area (Å²) in [6.45, 7) is -1.55. The molecule has 7 heteroatoms. The summed E-state index contributed by atoms with van der Waals surface area (Å²) in [5.41, 5.74) is 0.525. The van der Waals surface area contributed by atoms with Gasteiger partial charge in [-0.2, -0.15) is 13.2 Å². The number of alkyl halides is 3. The van der Waals surface area contributed by atoms with Gasteiger partial charge in [0.2, 0.25) is 0 Å². The van der Waals surface area contributed by atoms with E-state index in [9.17, 15) is 22.8 Å². The van der Waals surface area contributed by atoms with Crippen LogP contribution in [0, 0.1) is 0 Å². The highest BCUT2D eigenvalue weighted by Gasteiger charge is 2.55. The van der Waals surface area contributed by atoms with E-state index in [1.165, 1.54) is 0 Å². The van der Waals surface area contributed by atoms with Gasteiger partial charge >= 0.3 is 12.2 Å². The van der Waals surface area contributed by atoms with Crippen LogP contribution in [0.5, 0.6) is 0 Å². The maximum absolute atomic E-state index is 12.4. The number of benzene rings is 1. The van der Waals surface area contributed by atoms with Gasteiger partial charge in [0.25, 0.3) is 5.91 Å². The summed E-state index contributed by atoms with van der Waals surface area (Å²) in [6.07, 6.45) is -4.12. The number of halogens is 3. The van der Waals surface area contributed by atoms with Gasteiger partial charge in [-0.25, -0.2) is 4.79 Å². The van der Waals surface area contributed by atoms with Crippen LogP contribution in [0.25, 0.3) is 0 Å². The van der Waals surface area contributed by atoms with E-state index < -0.39 is 30.2 Å². The molecule has 1 spiro atoms. The van der Waals surface area contributed by atoms with Gasteiger partial charge < -0.3 is 5.32 Å². The highest BCUT2D eigenvalue weighted by atomic mass is 19.4.